The molecule has 3 N–H and O–H groups in total. The third-order valence-corrected chi connectivity index (χ3v) is 3.05. The Hall–Kier alpha value is -1.82. The quantitative estimate of drug-likeness (QED) is 0.857. The molecule has 6 heteroatoms. The molecule has 1 heterocycles. The summed E-state index contributed by atoms with van der Waals surface area (Å²) in [4.78, 5) is 10.6. The maximum Gasteiger partial charge on any atom is 0.303 e. The lowest BCUT2D eigenvalue weighted by atomic mass is 9.97. The average Bonchev–Trinajstić information content (AvgIpc) is 2.82. The third-order valence-electron chi connectivity index (χ3n) is 3.05. The van der Waals surface area contributed by atoms with Gasteiger partial charge in [-0.15, -0.1) is 0 Å². The maximum absolute atomic E-state index is 13.4. The van der Waals surface area contributed by atoms with Crippen LogP contribution in [0.2, 0.25) is 0 Å². The molecule has 0 amide bonds. The zero-order valence-corrected chi connectivity index (χ0v) is 10.6. The maximum atomic E-state index is 13.4. The van der Waals surface area contributed by atoms with Crippen LogP contribution in [0.4, 0.5) is 4.39 Å². The van der Waals surface area contributed by atoms with Crippen molar-refractivity contribution in [2.75, 3.05) is 6.79 Å². The molecule has 0 saturated heterocycles. The molecule has 19 heavy (non-hydrogen) atoms. The standard InChI is InChI=1S/C13H16FNO4/c1-7(14)8-4-9(10(15)2-3-12(16)17)13-11(5-8)18-6-19-13/h4-5,7,10H,2-3,6,15H2,1H3,(H,16,17). The molecule has 1 aliphatic rings. The molecular weight excluding hydrogens is 253 g/mol. The number of carboxylic acids is 1. The summed E-state index contributed by atoms with van der Waals surface area (Å²) in [7, 11) is 0. The SMILES string of the molecule is CC(F)c1cc2c(c(C(N)CCC(=O)O)c1)OCO2. The zero-order chi connectivity index (χ0) is 14.0. The Morgan fingerprint density at radius 2 is 2.26 bits per heavy atom. The van der Waals surface area contributed by atoms with E-state index >= 15 is 0 Å². The molecule has 5 nitrogen and oxygen atoms in total. The number of hydrogen-bond donors (Lipinski definition) is 2. The minimum Gasteiger partial charge on any atom is -0.481 e. The Kier molecular flexibility index (Phi) is 3.90. The lowest BCUT2D eigenvalue weighted by Crippen LogP contribution is -2.13. The second-order valence-electron chi connectivity index (χ2n) is 4.50. The number of rotatable bonds is 5. The summed E-state index contributed by atoms with van der Waals surface area (Å²) >= 11 is 0. The van der Waals surface area contributed by atoms with E-state index in [1.807, 2.05) is 0 Å². The van der Waals surface area contributed by atoms with Crippen molar-refractivity contribution in [3.8, 4) is 11.5 Å². The Morgan fingerprint density at radius 1 is 1.53 bits per heavy atom. The van der Waals surface area contributed by atoms with Crippen LogP contribution in [0.25, 0.3) is 0 Å². The highest BCUT2D eigenvalue weighted by atomic mass is 19.1. The fraction of sp³-hybridized carbons (Fsp3) is 0.462. The van der Waals surface area contributed by atoms with Crippen molar-refractivity contribution in [3.63, 3.8) is 0 Å². The summed E-state index contributed by atoms with van der Waals surface area (Å²) in [5, 5.41) is 8.67. The Labute approximate surface area is 110 Å². The van der Waals surface area contributed by atoms with E-state index in [9.17, 15) is 9.18 Å². The molecule has 0 spiro atoms. The van der Waals surface area contributed by atoms with Gasteiger partial charge in [-0.2, -0.15) is 0 Å². The van der Waals surface area contributed by atoms with Gasteiger partial charge in [0.25, 0.3) is 0 Å². The zero-order valence-electron chi connectivity index (χ0n) is 10.6. The van der Waals surface area contributed by atoms with Gasteiger partial charge in [0, 0.05) is 18.0 Å². The molecular formula is C13H16FNO4. The van der Waals surface area contributed by atoms with Crippen molar-refractivity contribution in [2.24, 2.45) is 5.73 Å². The molecule has 0 fully saturated rings. The Balaban J connectivity index is 2.30. The minimum absolute atomic E-state index is 0.0494. The van der Waals surface area contributed by atoms with Crippen LogP contribution < -0.4 is 15.2 Å². The molecule has 0 aliphatic carbocycles. The molecule has 0 bridgehead atoms. The van der Waals surface area contributed by atoms with Crippen LogP contribution in [-0.4, -0.2) is 17.9 Å². The van der Waals surface area contributed by atoms with Gasteiger partial charge in [-0.25, -0.2) is 4.39 Å². The minimum atomic E-state index is -1.15. The van der Waals surface area contributed by atoms with E-state index in [4.69, 9.17) is 20.3 Å². The number of halogens is 1. The highest BCUT2D eigenvalue weighted by Gasteiger charge is 2.24. The fourth-order valence-electron chi connectivity index (χ4n) is 2.00. The first-order chi connectivity index (χ1) is 8.99. The van der Waals surface area contributed by atoms with Crippen LogP contribution in [0.15, 0.2) is 12.1 Å². The van der Waals surface area contributed by atoms with Crippen LogP contribution in [0.3, 0.4) is 0 Å². The molecule has 2 rings (SSSR count). The summed E-state index contributed by atoms with van der Waals surface area (Å²) in [6.45, 7) is 1.49. The smallest absolute Gasteiger partial charge is 0.303 e. The molecule has 2 unspecified atom stereocenters. The lowest BCUT2D eigenvalue weighted by Gasteiger charge is -2.15. The van der Waals surface area contributed by atoms with Crippen molar-refractivity contribution in [3.05, 3.63) is 23.3 Å². The molecule has 0 radical (unpaired) electrons. The number of benzene rings is 1. The third kappa shape index (κ3) is 2.96. The van der Waals surface area contributed by atoms with Gasteiger partial charge in [-0.05, 0) is 31.0 Å². The fourth-order valence-corrected chi connectivity index (χ4v) is 2.00. The van der Waals surface area contributed by atoms with Crippen LogP contribution in [-0.2, 0) is 4.79 Å². The highest BCUT2D eigenvalue weighted by Crippen LogP contribution is 2.41. The molecule has 0 saturated carbocycles. The van der Waals surface area contributed by atoms with Crippen molar-refractivity contribution in [2.45, 2.75) is 32.0 Å². The second-order valence-corrected chi connectivity index (χ2v) is 4.50. The number of hydrogen-bond acceptors (Lipinski definition) is 4. The number of alkyl halides is 1. The highest BCUT2D eigenvalue weighted by molar-refractivity contribution is 5.66. The Morgan fingerprint density at radius 3 is 2.89 bits per heavy atom. The van der Waals surface area contributed by atoms with E-state index < -0.39 is 18.2 Å². The predicted molar refractivity (Wildman–Crippen MR) is 65.9 cm³/mol. The molecule has 2 atom stereocenters. The number of ether oxygens (including phenoxy) is 2. The van der Waals surface area contributed by atoms with Crippen LogP contribution in [0.5, 0.6) is 11.5 Å². The first kappa shape index (κ1) is 13.6. The number of aliphatic carboxylic acids is 1. The van der Waals surface area contributed by atoms with Crippen molar-refractivity contribution in [1.82, 2.24) is 0 Å². The van der Waals surface area contributed by atoms with E-state index in [1.54, 1.807) is 12.1 Å². The molecule has 1 aromatic rings. The van der Waals surface area contributed by atoms with E-state index in [0.29, 0.717) is 22.6 Å². The number of carbonyl (C=O) groups is 1. The van der Waals surface area contributed by atoms with E-state index in [0.717, 1.165) is 0 Å². The topological polar surface area (TPSA) is 81.8 Å². The van der Waals surface area contributed by atoms with E-state index in [1.165, 1.54) is 6.92 Å². The summed E-state index contributed by atoms with van der Waals surface area (Å²) < 4.78 is 24.0. The summed E-state index contributed by atoms with van der Waals surface area (Å²) in [5.41, 5.74) is 7.01. The number of carboxylic acid groups (broad SMARTS) is 1. The molecule has 104 valence electrons. The lowest BCUT2D eigenvalue weighted by molar-refractivity contribution is -0.137. The Bertz CT molecular complexity index is 490. The van der Waals surface area contributed by atoms with Gasteiger partial charge >= 0.3 is 5.97 Å². The number of fused-ring (bicyclic) bond motifs is 1. The number of nitrogens with two attached hydrogens (primary N) is 1. The van der Waals surface area contributed by atoms with Gasteiger partial charge in [0.15, 0.2) is 11.5 Å². The molecule has 1 aromatic carbocycles. The van der Waals surface area contributed by atoms with Crippen molar-refractivity contribution in [1.29, 1.82) is 0 Å². The first-order valence-electron chi connectivity index (χ1n) is 6.04. The van der Waals surface area contributed by atoms with Crippen molar-refractivity contribution >= 4 is 5.97 Å². The monoisotopic (exact) mass is 269 g/mol. The van der Waals surface area contributed by atoms with Crippen LogP contribution >= 0.6 is 0 Å². The largest absolute Gasteiger partial charge is 0.481 e. The average molecular weight is 269 g/mol. The van der Waals surface area contributed by atoms with Gasteiger partial charge in [0.05, 0.1) is 0 Å². The van der Waals surface area contributed by atoms with Gasteiger partial charge in [-0.1, -0.05) is 0 Å². The summed E-state index contributed by atoms with van der Waals surface area (Å²) in [6.07, 6.45) is -0.943. The van der Waals surface area contributed by atoms with Gasteiger partial charge < -0.3 is 20.3 Å². The van der Waals surface area contributed by atoms with E-state index in [2.05, 4.69) is 0 Å². The second kappa shape index (κ2) is 5.44. The van der Waals surface area contributed by atoms with Gasteiger partial charge in [0.2, 0.25) is 6.79 Å². The summed E-state index contributed by atoms with van der Waals surface area (Å²) in [6, 6.07) is 2.68. The van der Waals surface area contributed by atoms with Gasteiger partial charge in [0.1, 0.15) is 6.17 Å². The van der Waals surface area contributed by atoms with Crippen LogP contribution in [0.1, 0.15) is 43.1 Å². The molecule has 1 aliphatic heterocycles. The van der Waals surface area contributed by atoms with Crippen LogP contribution in [0, 0.1) is 0 Å². The van der Waals surface area contributed by atoms with Crippen molar-refractivity contribution < 1.29 is 23.8 Å². The predicted octanol–water partition coefficient (Wildman–Crippen LogP) is 2.31. The normalized spacial score (nSPS) is 16.2. The van der Waals surface area contributed by atoms with E-state index in [-0.39, 0.29) is 19.6 Å². The van der Waals surface area contributed by atoms with Gasteiger partial charge in [-0.3, -0.25) is 4.79 Å². The molecule has 0 aromatic heterocycles. The summed E-state index contributed by atoms with van der Waals surface area (Å²) in [5.74, 6) is 0.0318. The first-order valence-corrected chi connectivity index (χ1v) is 6.04.